The lowest BCUT2D eigenvalue weighted by Crippen LogP contribution is -2.45. The van der Waals surface area contributed by atoms with E-state index in [9.17, 15) is 9.59 Å². The predicted octanol–water partition coefficient (Wildman–Crippen LogP) is 1.08. The quantitative estimate of drug-likeness (QED) is 0.672. The van der Waals surface area contributed by atoms with Gasteiger partial charge in [0.25, 0.3) is 5.91 Å². The van der Waals surface area contributed by atoms with E-state index in [0.29, 0.717) is 11.3 Å². The number of carbonyl (C=O) groups is 2. The molecule has 0 aliphatic carbocycles. The van der Waals surface area contributed by atoms with Crippen LogP contribution < -0.4 is 21.7 Å². The molecule has 1 aromatic carbocycles. The number of urea groups is 1. The number of benzene rings is 1. The third kappa shape index (κ3) is 4.71. The molecule has 7 heteroatoms. The van der Waals surface area contributed by atoms with Crippen molar-refractivity contribution >= 4 is 30.0 Å². The van der Waals surface area contributed by atoms with Crippen molar-refractivity contribution < 1.29 is 9.59 Å². The number of piperidine rings is 1. The second-order valence-corrected chi connectivity index (χ2v) is 4.59. The fourth-order valence-corrected chi connectivity index (χ4v) is 2.12. The fraction of sp³-hybridized carbons (Fsp3) is 0.385. The molecule has 1 aliphatic heterocycles. The zero-order valence-corrected chi connectivity index (χ0v) is 11.8. The summed E-state index contributed by atoms with van der Waals surface area (Å²) in [6.07, 6.45) is 2.05. The summed E-state index contributed by atoms with van der Waals surface area (Å²) >= 11 is 0. The van der Waals surface area contributed by atoms with Gasteiger partial charge in [-0.25, -0.2) is 4.79 Å². The Bertz CT molecular complexity index is 475. The van der Waals surface area contributed by atoms with Gasteiger partial charge >= 0.3 is 6.03 Å². The van der Waals surface area contributed by atoms with Crippen molar-refractivity contribution in [2.24, 2.45) is 5.73 Å². The van der Waals surface area contributed by atoms with Gasteiger partial charge in [0.1, 0.15) is 0 Å². The van der Waals surface area contributed by atoms with Gasteiger partial charge in [-0.2, -0.15) is 0 Å². The molecule has 0 spiro atoms. The molecule has 0 bridgehead atoms. The zero-order valence-electron chi connectivity index (χ0n) is 11.0. The predicted molar refractivity (Wildman–Crippen MR) is 80.3 cm³/mol. The monoisotopic (exact) mass is 298 g/mol. The molecule has 0 aromatic heterocycles. The van der Waals surface area contributed by atoms with Crippen molar-refractivity contribution in [1.29, 1.82) is 0 Å². The molecule has 1 saturated heterocycles. The highest BCUT2D eigenvalue weighted by Gasteiger charge is 2.16. The maximum Gasteiger partial charge on any atom is 0.316 e. The maximum absolute atomic E-state index is 12.1. The van der Waals surface area contributed by atoms with E-state index in [1.54, 1.807) is 24.3 Å². The number of hydrogen-bond acceptors (Lipinski definition) is 3. The molecule has 110 valence electrons. The largest absolute Gasteiger partial charge is 0.351 e. The van der Waals surface area contributed by atoms with Crippen LogP contribution in [0.4, 0.5) is 10.5 Å². The van der Waals surface area contributed by atoms with Gasteiger partial charge in [-0.05, 0) is 37.6 Å². The number of halogens is 1. The highest BCUT2D eigenvalue weighted by Crippen LogP contribution is 2.11. The molecule has 3 amide bonds. The van der Waals surface area contributed by atoms with Crippen molar-refractivity contribution in [2.75, 3.05) is 18.4 Å². The molecule has 2 rings (SSSR count). The summed E-state index contributed by atoms with van der Waals surface area (Å²) in [5.74, 6) is -0.137. The summed E-state index contributed by atoms with van der Waals surface area (Å²) in [5, 5.41) is 8.66. The molecule has 1 aromatic rings. The number of primary amides is 1. The Morgan fingerprint density at radius 1 is 1.35 bits per heavy atom. The molecule has 5 N–H and O–H groups in total. The normalized spacial score (nSPS) is 17.7. The summed E-state index contributed by atoms with van der Waals surface area (Å²) < 4.78 is 0. The van der Waals surface area contributed by atoms with E-state index in [-0.39, 0.29) is 24.4 Å². The standard InChI is InChI=1S/C13H18N4O2.ClH/c14-13(19)17-10-4-1-3-9(7-10)12(18)16-11-5-2-6-15-8-11;/h1,3-4,7,11,15H,2,5-6,8H2,(H,16,18)(H3,14,17,19);1H/t11-;/m0./s1. The van der Waals surface area contributed by atoms with Gasteiger partial charge in [0, 0.05) is 23.8 Å². The minimum atomic E-state index is -0.644. The van der Waals surface area contributed by atoms with Gasteiger partial charge in [-0.3, -0.25) is 4.79 Å². The zero-order chi connectivity index (χ0) is 13.7. The minimum absolute atomic E-state index is 0. The third-order valence-corrected chi connectivity index (χ3v) is 3.02. The van der Waals surface area contributed by atoms with Crippen LogP contribution in [0, 0.1) is 0 Å². The first-order chi connectivity index (χ1) is 9.15. The average Bonchev–Trinajstić information content (AvgIpc) is 2.39. The van der Waals surface area contributed by atoms with Crippen LogP contribution in [0.5, 0.6) is 0 Å². The summed E-state index contributed by atoms with van der Waals surface area (Å²) in [4.78, 5) is 22.8. The Labute approximate surface area is 123 Å². The average molecular weight is 299 g/mol. The molecule has 1 heterocycles. The van der Waals surface area contributed by atoms with Crippen LogP contribution in [0.15, 0.2) is 24.3 Å². The first-order valence-electron chi connectivity index (χ1n) is 6.33. The maximum atomic E-state index is 12.1. The van der Waals surface area contributed by atoms with E-state index in [4.69, 9.17) is 5.73 Å². The first kappa shape index (κ1) is 16.3. The highest BCUT2D eigenvalue weighted by atomic mass is 35.5. The molecule has 1 atom stereocenters. The van der Waals surface area contributed by atoms with Crippen LogP contribution in [0.3, 0.4) is 0 Å². The number of anilines is 1. The fourth-order valence-electron chi connectivity index (χ4n) is 2.12. The van der Waals surface area contributed by atoms with Crippen LogP contribution in [-0.4, -0.2) is 31.1 Å². The Kier molecular flexibility index (Phi) is 6.27. The van der Waals surface area contributed by atoms with E-state index in [0.717, 1.165) is 25.9 Å². The molecule has 1 aliphatic rings. The van der Waals surface area contributed by atoms with E-state index in [1.165, 1.54) is 0 Å². The molecular formula is C13H19ClN4O2. The second kappa shape index (κ2) is 7.72. The van der Waals surface area contributed by atoms with Crippen LogP contribution in [0.1, 0.15) is 23.2 Å². The Morgan fingerprint density at radius 2 is 2.15 bits per heavy atom. The lowest BCUT2D eigenvalue weighted by atomic mass is 10.1. The number of carbonyl (C=O) groups excluding carboxylic acids is 2. The van der Waals surface area contributed by atoms with Gasteiger partial charge in [0.2, 0.25) is 0 Å². The van der Waals surface area contributed by atoms with Gasteiger partial charge < -0.3 is 21.7 Å². The van der Waals surface area contributed by atoms with Crippen molar-refractivity contribution in [1.82, 2.24) is 10.6 Å². The molecule has 1 fully saturated rings. The van der Waals surface area contributed by atoms with Crippen LogP contribution in [0.25, 0.3) is 0 Å². The van der Waals surface area contributed by atoms with E-state index in [2.05, 4.69) is 16.0 Å². The smallest absolute Gasteiger partial charge is 0.316 e. The number of nitrogens with one attached hydrogen (secondary N) is 3. The minimum Gasteiger partial charge on any atom is -0.351 e. The number of hydrogen-bond donors (Lipinski definition) is 4. The molecule has 0 unspecified atom stereocenters. The molecule has 6 nitrogen and oxygen atoms in total. The number of amides is 3. The summed E-state index contributed by atoms with van der Waals surface area (Å²) in [7, 11) is 0. The van der Waals surface area contributed by atoms with Gasteiger partial charge in [-0.1, -0.05) is 6.07 Å². The summed E-state index contributed by atoms with van der Waals surface area (Å²) in [6.45, 7) is 1.80. The SMILES string of the molecule is Cl.NC(=O)Nc1cccc(C(=O)N[C@H]2CCCNC2)c1. The molecule has 20 heavy (non-hydrogen) atoms. The lowest BCUT2D eigenvalue weighted by Gasteiger charge is -2.23. The Hall–Kier alpha value is -1.79. The highest BCUT2D eigenvalue weighted by molar-refractivity contribution is 5.96. The Morgan fingerprint density at radius 3 is 2.80 bits per heavy atom. The van der Waals surface area contributed by atoms with Crippen LogP contribution >= 0.6 is 12.4 Å². The van der Waals surface area contributed by atoms with Gasteiger partial charge in [0.15, 0.2) is 0 Å². The van der Waals surface area contributed by atoms with Crippen LogP contribution in [0.2, 0.25) is 0 Å². The Balaban J connectivity index is 0.00000200. The van der Waals surface area contributed by atoms with Gasteiger partial charge in [-0.15, -0.1) is 12.4 Å². The second-order valence-electron chi connectivity index (χ2n) is 4.59. The van der Waals surface area contributed by atoms with E-state index in [1.807, 2.05) is 0 Å². The summed E-state index contributed by atoms with van der Waals surface area (Å²) in [5.41, 5.74) is 6.07. The number of rotatable bonds is 3. The third-order valence-electron chi connectivity index (χ3n) is 3.02. The molecule has 0 radical (unpaired) electrons. The first-order valence-corrected chi connectivity index (χ1v) is 6.33. The van der Waals surface area contributed by atoms with E-state index < -0.39 is 6.03 Å². The lowest BCUT2D eigenvalue weighted by molar-refractivity contribution is 0.0930. The topological polar surface area (TPSA) is 96.2 Å². The molecule has 0 saturated carbocycles. The van der Waals surface area contributed by atoms with Gasteiger partial charge in [0.05, 0.1) is 0 Å². The van der Waals surface area contributed by atoms with E-state index >= 15 is 0 Å². The number of nitrogens with two attached hydrogens (primary N) is 1. The van der Waals surface area contributed by atoms with Crippen molar-refractivity contribution in [2.45, 2.75) is 18.9 Å². The van der Waals surface area contributed by atoms with Crippen LogP contribution in [-0.2, 0) is 0 Å². The summed E-state index contributed by atoms with van der Waals surface area (Å²) in [6, 6.07) is 6.22. The van der Waals surface area contributed by atoms with Crippen molar-refractivity contribution in [3.8, 4) is 0 Å². The van der Waals surface area contributed by atoms with Crippen molar-refractivity contribution in [3.63, 3.8) is 0 Å². The molecular weight excluding hydrogens is 280 g/mol. The van der Waals surface area contributed by atoms with Crippen molar-refractivity contribution in [3.05, 3.63) is 29.8 Å².